The molecule has 0 saturated carbocycles. The Bertz CT molecular complexity index is 640. The second-order valence-electron chi connectivity index (χ2n) is 5.69. The van der Waals surface area contributed by atoms with E-state index < -0.39 is 0 Å². The predicted octanol–water partition coefficient (Wildman–Crippen LogP) is 3.71. The van der Waals surface area contributed by atoms with Gasteiger partial charge in [0.1, 0.15) is 10.8 Å². The Kier molecular flexibility index (Phi) is 6.52. The first kappa shape index (κ1) is 17.4. The van der Waals surface area contributed by atoms with Crippen LogP contribution in [0.1, 0.15) is 37.8 Å². The average molecular weight is 333 g/mol. The molecule has 6 heteroatoms. The maximum absolute atomic E-state index is 12.1. The number of ether oxygens (including phenoxy) is 1. The molecule has 23 heavy (non-hydrogen) atoms. The van der Waals surface area contributed by atoms with Crippen molar-refractivity contribution in [3.8, 4) is 5.75 Å². The van der Waals surface area contributed by atoms with Crippen LogP contribution in [0.4, 0.5) is 5.13 Å². The molecule has 0 aliphatic heterocycles. The van der Waals surface area contributed by atoms with Crippen molar-refractivity contribution < 1.29 is 9.53 Å². The number of para-hydroxylation sites is 1. The van der Waals surface area contributed by atoms with Gasteiger partial charge in [0.2, 0.25) is 11.0 Å². The molecule has 0 aliphatic carbocycles. The number of nitrogens with zero attached hydrogens (tertiary/aromatic N) is 2. The van der Waals surface area contributed by atoms with Crippen molar-refractivity contribution in [3.05, 3.63) is 34.8 Å². The molecule has 1 aromatic heterocycles. The lowest BCUT2D eigenvalue weighted by Crippen LogP contribution is -2.12. The third-order valence-electron chi connectivity index (χ3n) is 3.19. The van der Waals surface area contributed by atoms with Crippen LogP contribution in [0.3, 0.4) is 0 Å². The van der Waals surface area contributed by atoms with E-state index in [0.717, 1.165) is 22.7 Å². The zero-order valence-electron chi connectivity index (χ0n) is 13.8. The van der Waals surface area contributed by atoms with Crippen molar-refractivity contribution in [2.24, 2.45) is 5.92 Å². The third-order valence-corrected chi connectivity index (χ3v) is 4.05. The van der Waals surface area contributed by atoms with Crippen LogP contribution in [-0.2, 0) is 17.6 Å². The highest BCUT2D eigenvalue weighted by molar-refractivity contribution is 7.15. The number of hydrogen-bond donors (Lipinski definition) is 1. The quantitative estimate of drug-likeness (QED) is 0.800. The summed E-state index contributed by atoms with van der Waals surface area (Å²) in [7, 11) is 0. The van der Waals surface area contributed by atoms with E-state index in [2.05, 4.69) is 29.4 Å². The van der Waals surface area contributed by atoms with E-state index in [1.807, 2.05) is 31.2 Å². The van der Waals surface area contributed by atoms with Crippen molar-refractivity contribution in [2.75, 3.05) is 11.9 Å². The molecule has 0 unspecified atom stereocenters. The number of rotatable bonds is 8. The fraction of sp³-hybridized carbons (Fsp3) is 0.471. The third kappa shape index (κ3) is 5.63. The molecule has 0 aliphatic rings. The van der Waals surface area contributed by atoms with Gasteiger partial charge >= 0.3 is 0 Å². The summed E-state index contributed by atoms with van der Waals surface area (Å²) in [5.41, 5.74) is 1.04. The molecular formula is C17H23N3O2S. The Labute approximate surface area is 141 Å². The Balaban J connectivity index is 1.87. The average Bonchev–Trinajstić information content (AvgIpc) is 2.93. The highest BCUT2D eigenvalue weighted by atomic mass is 32.1. The minimum absolute atomic E-state index is 0.0523. The minimum Gasteiger partial charge on any atom is -0.494 e. The number of amides is 1. The first-order valence-electron chi connectivity index (χ1n) is 7.91. The second kappa shape index (κ2) is 8.62. The summed E-state index contributed by atoms with van der Waals surface area (Å²) in [6, 6.07) is 7.81. The van der Waals surface area contributed by atoms with Gasteiger partial charge in [0.15, 0.2) is 0 Å². The van der Waals surface area contributed by atoms with E-state index >= 15 is 0 Å². The summed E-state index contributed by atoms with van der Waals surface area (Å²) < 4.78 is 5.58. The molecule has 124 valence electrons. The van der Waals surface area contributed by atoms with Gasteiger partial charge in [-0.15, -0.1) is 10.2 Å². The fourth-order valence-electron chi connectivity index (χ4n) is 2.17. The number of benzene rings is 1. The second-order valence-corrected chi connectivity index (χ2v) is 6.75. The zero-order valence-corrected chi connectivity index (χ0v) is 14.7. The van der Waals surface area contributed by atoms with Gasteiger partial charge in [-0.1, -0.05) is 43.4 Å². The van der Waals surface area contributed by atoms with Crippen LogP contribution in [0, 0.1) is 5.92 Å². The molecule has 2 rings (SSSR count). The lowest BCUT2D eigenvalue weighted by molar-refractivity contribution is -0.116. The van der Waals surface area contributed by atoms with Gasteiger partial charge in [-0.2, -0.15) is 0 Å². The van der Waals surface area contributed by atoms with Crippen molar-refractivity contribution >= 4 is 22.4 Å². The van der Waals surface area contributed by atoms with Crippen LogP contribution in [0.25, 0.3) is 0 Å². The molecule has 0 spiro atoms. The van der Waals surface area contributed by atoms with Crippen LogP contribution in [0.5, 0.6) is 5.75 Å². The number of anilines is 1. The Morgan fingerprint density at radius 3 is 2.83 bits per heavy atom. The fourth-order valence-corrected chi connectivity index (χ4v) is 3.14. The van der Waals surface area contributed by atoms with Crippen LogP contribution in [-0.4, -0.2) is 22.7 Å². The van der Waals surface area contributed by atoms with Gasteiger partial charge in [0, 0.05) is 12.8 Å². The minimum atomic E-state index is -0.0523. The zero-order chi connectivity index (χ0) is 16.7. The molecule has 0 bridgehead atoms. The highest BCUT2D eigenvalue weighted by Gasteiger charge is 2.11. The van der Waals surface area contributed by atoms with E-state index in [9.17, 15) is 4.79 Å². The SMILES string of the molecule is CCOc1ccccc1CCC(=O)Nc1nnc(CC(C)C)s1. The lowest BCUT2D eigenvalue weighted by Gasteiger charge is -2.09. The Morgan fingerprint density at radius 2 is 2.09 bits per heavy atom. The number of aryl methyl sites for hydroxylation is 1. The highest BCUT2D eigenvalue weighted by Crippen LogP contribution is 2.21. The standard InChI is InChI=1S/C17H23N3O2S/c1-4-22-14-8-6-5-7-13(14)9-10-15(21)18-17-20-19-16(23-17)11-12(2)3/h5-8,12H,4,9-11H2,1-3H3,(H,18,20,21). The van der Waals surface area contributed by atoms with Crippen LogP contribution in [0.2, 0.25) is 0 Å². The number of hydrogen-bond acceptors (Lipinski definition) is 5. The van der Waals surface area contributed by atoms with Gasteiger partial charge in [0.25, 0.3) is 0 Å². The molecule has 1 aromatic carbocycles. The van der Waals surface area contributed by atoms with Crippen LogP contribution >= 0.6 is 11.3 Å². The van der Waals surface area contributed by atoms with Crippen molar-refractivity contribution in [1.82, 2.24) is 10.2 Å². The summed E-state index contributed by atoms with van der Waals surface area (Å²) in [5, 5.41) is 12.5. The topological polar surface area (TPSA) is 64.1 Å². The molecule has 0 radical (unpaired) electrons. The van der Waals surface area contributed by atoms with Crippen LogP contribution in [0.15, 0.2) is 24.3 Å². The molecule has 2 aromatic rings. The monoisotopic (exact) mass is 333 g/mol. The van der Waals surface area contributed by atoms with Gasteiger partial charge in [-0.25, -0.2) is 0 Å². The van der Waals surface area contributed by atoms with Gasteiger partial charge in [0.05, 0.1) is 6.61 Å². The molecule has 1 N–H and O–H groups in total. The maximum Gasteiger partial charge on any atom is 0.226 e. The molecular weight excluding hydrogens is 310 g/mol. The Morgan fingerprint density at radius 1 is 1.30 bits per heavy atom. The van der Waals surface area contributed by atoms with E-state index in [1.165, 1.54) is 11.3 Å². The van der Waals surface area contributed by atoms with Crippen LogP contribution < -0.4 is 10.1 Å². The van der Waals surface area contributed by atoms with Crippen molar-refractivity contribution in [2.45, 2.75) is 40.0 Å². The molecule has 1 amide bonds. The van der Waals surface area contributed by atoms with E-state index in [4.69, 9.17) is 4.74 Å². The number of nitrogens with one attached hydrogen (secondary N) is 1. The van der Waals surface area contributed by atoms with Gasteiger partial charge < -0.3 is 10.1 Å². The normalized spacial score (nSPS) is 10.8. The first-order chi connectivity index (χ1) is 11.1. The molecule has 0 atom stereocenters. The smallest absolute Gasteiger partial charge is 0.226 e. The predicted molar refractivity (Wildman–Crippen MR) is 93.0 cm³/mol. The van der Waals surface area contributed by atoms with Crippen molar-refractivity contribution in [3.63, 3.8) is 0 Å². The van der Waals surface area contributed by atoms with E-state index in [0.29, 0.717) is 30.5 Å². The number of aromatic nitrogens is 2. The lowest BCUT2D eigenvalue weighted by atomic mass is 10.1. The largest absolute Gasteiger partial charge is 0.494 e. The summed E-state index contributed by atoms with van der Waals surface area (Å²) in [6.45, 7) is 6.84. The number of carbonyl (C=O) groups excluding carboxylic acids is 1. The molecule has 1 heterocycles. The maximum atomic E-state index is 12.1. The first-order valence-corrected chi connectivity index (χ1v) is 8.73. The van der Waals surface area contributed by atoms with Gasteiger partial charge in [-0.05, 0) is 30.9 Å². The van der Waals surface area contributed by atoms with Crippen molar-refractivity contribution in [1.29, 1.82) is 0 Å². The van der Waals surface area contributed by atoms with E-state index in [-0.39, 0.29) is 5.91 Å². The van der Waals surface area contributed by atoms with E-state index in [1.54, 1.807) is 0 Å². The molecule has 0 fully saturated rings. The van der Waals surface area contributed by atoms with Gasteiger partial charge in [-0.3, -0.25) is 4.79 Å². The number of carbonyl (C=O) groups is 1. The summed E-state index contributed by atoms with van der Waals surface area (Å²) in [4.78, 5) is 12.1. The summed E-state index contributed by atoms with van der Waals surface area (Å²) in [6.07, 6.45) is 1.91. The molecule has 0 saturated heterocycles. The summed E-state index contributed by atoms with van der Waals surface area (Å²) >= 11 is 1.44. The Hall–Kier alpha value is -1.95. The molecule has 5 nitrogen and oxygen atoms in total. The summed E-state index contributed by atoms with van der Waals surface area (Å²) in [5.74, 6) is 1.32.